The molecule has 202 valence electrons. The molecular formula is C27H37Cl3N4O2Si. The van der Waals surface area contributed by atoms with Crippen LogP contribution in [-0.2, 0) is 11.5 Å². The highest BCUT2D eigenvalue weighted by atomic mass is 35.5. The highest BCUT2D eigenvalue weighted by Gasteiger charge is 2.39. The van der Waals surface area contributed by atoms with Gasteiger partial charge in [0, 0.05) is 23.7 Å². The van der Waals surface area contributed by atoms with Crippen LogP contribution in [0.25, 0.3) is 22.8 Å². The zero-order chi connectivity index (χ0) is 27.7. The molecule has 2 heterocycles. The fourth-order valence-electron chi connectivity index (χ4n) is 3.81. The van der Waals surface area contributed by atoms with Crippen LogP contribution in [0, 0.1) is 13.8 Å². The predicted molar refractivity (Wildman–Crippen MR) is 157 cm³/mol. The number of ether oxygens (including phenoxy) is 1. The van der Waals surface area contributed by atoms with Crippen molar-refractivity contribution in [2.45, 2.75) is 78.6 Å². The molecule has 2 aromatic heterocycles. The lowest BCUT2D eigenvalue weighted by Crippen LogP contribution is -2.45. The molecule has 0 saturated carbocycles. The summed E-state index contributed by atoms with van der Waals surface area (Å²) in [5.74, 6) is 1.07. The van der Waals surface area contributed by atoms with Gasteiger partial charge in [-0.25, -0.2) is 9.97 Å². The number of rotatable bonds is 9. The molecule has 37 heavy (non-hydrogen) atoms. The third-order valence-electron chi connectivity index (χ3n) is 7.03. The van der Waals surface area contributed by atoms with Gasteiger partial charge in [-0.1, -0.05) is 68.9 Å². The van der Waals surface area contributed by atoms with Crippen LogP contribution in [0.2, 0.25) is 33.5 Å². The molecule has 0 aliphatic carbocycles. The Hall–Kier alpha value is -1.64. The van der Waals surface area contributed by atoms with Gasteiger partial charge in [0.25, 0.3) is 0 Å². The molecular weight excluding hydrogens is 547 g/mol. The maximum atomic E-state index is 6.65. The summed E-state index contributed by atoms with van der Waals surface area (Å²) >= 11 is 19.4. The summed E-state index contributed by atoms with van der Waals surface area (Å²) < 4.78 is 14.6. The Morgan fingerprint density at radius 3 is 2.27 bits per heavy atom. The average molecular weight is 584 g/mol. The second kappa shape index (κ2) is 11.6. The van der Waals surface area contributed by atoms with E-state index in [4.69, 9.17) is 48.9 Å². The third-order valence-corrected chi connectivity index (χ3v) is 12.6. The van der Waals surface area contributed by atoms with Crippen molar-refractivity contribution >= 4 is 43.1 Å². The van der Waals surface area contributed by atoms with Gasteiger partial charge in [-0.05, 0) is 56.6 Å². The van der Waals surface area contributed by atoms with Crippen molar-refractivity contribution in [2.75, 3.05) is 6.61 Å². The standard InChI is InChI=1S/C27H37Cl3N4O2Si/c1-10-11-19(36-37(8,9)27(4,5)6)15-35-18-12-13-21(28)20(14-18)26-31-22(16(2)24(29)32-26)23-17(3)25(30)33-34(23)7/h12-14,19H,10-11,15H2,1-9H3/t19-/m1/s1. The smallest absolute Gasteiger partial charge is 0.192 e. The minimum Gasteiger partial charge on any atom is -0.491 e. The lowest BCUT2D eigenvalue weighted by atomic mass is 10.1. The summed E-state index contributed by atoms with van der Waals surface area (Å²) in [5.41, 5.74) is 3.62. The van der Waals surface area contributed by atoms with E-state index < -0.39 is 8.32 Å². The molecule has 0 bridgehead atoms. The average Bonchev–Trinajstić information content (AvgIpc) is 3.05. The van der Waals surface area contributed by atoms with Crippen molar-refractivity contribution in [3.8, 4) is 28.5 Å². The quantitative estimate of drug-likeness (QED) is 0.186. The second-order valence-corrected chi connectivity index (χ2v) is 16.8. The van der Waals surface area contributed by atoms with Gasteiger partial charge in [-0.2, -0.15) is 5.10 Å². The van der Waals surface area contributed by atoms with Crippen molar-refractivity contribution in [3.63, 3.8) is 0 Å². The van der Waals surface area contributed by atoms with Crippen molar-refractivity contribution in [2.24, 2.45) is 7.05 Å². The predicted octanol–water partition coefficient (Wildman–Crippen LogP) is 8.69. The van der Waals surface area contributed by atoms with Crippen LogP contribution in [0.4, 0.5) is 0 Å². The maximum Gasteiger partial charge on any atom is 0.192 e. The molecule has 3 aromatic rings. The Kier molecular flexibility index (Phi) is 9.39. The molecule has 0 spiro atoms. The fourth-order valence-corrected chi connectivity index (χ4v) is 5.76. The topological polar surface area (TPSA) is 62.1 Å². The van der Waals surface area contributed by atoms with Gasteiger partial charge in [0.15, 0.2) is 19.3 Å². The number of halogens is 3. The van der Waals surface area contributed by atoms with E-state index in [-0.39, 0.29) is 11.1 Å². The summed E-state index contributed by atoms with van der Waals surface area (Å²) in [4.78, 5) is 9.37. The van der Waals surface area contributed by atoms with Crippen LogP contribution in [0.3, 0.4) is 0 Å². The molecule has 0 saturated heterocycles. The first-order valence-electron chi connectivity index (χ1n) is 12.5. The van der Waals surface area contributed by atoms with Crippen LogP contribution in [0.5, 0.6) is 5.75 Å². The van der Waals surface area contributed by atoms with Crippen molar-refractivity contribution in [1.29, 1.82) is 0 Å². The number of hydrogen-bond donors (Lipinski definition) is 0. The molecule has 1 atom stereocenters. The zero-order valence-corrected chi connectivity index (χ0v) is 26.4. The molecule has 0 fully saturated rings. The first kappa shape index (κ1) is 29.9. The number of aromatic nitrogens is 4. The lowest BCUT2D eigenvalue weighted by molar-refractivity contribution is 0.107. The Bertz CT molecular complexity index is 1270. The molecule has 0 unspecified atom stereocenters. The highest BCUT2D eigenvalue weighted by molar-refractivity contribution is 6.74. The molecule has 10 heteroatoms. The van der Waals surface area contributed by atoms with Gasteiger partial charge >= 0.3 is 0 Å². The van der Waals surface area contributed by atoms with E-state index >= 15 is 0 Å². The molecule has 0 radical (unpaired) electrons. The molecule has 0 N–H and O–H groups in total. The van der Waals surface area contributed by atoms with Crippen LogP contribution < -0.4 is 4.74 Å². The Balaban J connectivity index is 1.93. The van der Waals surface area contributed by atoms with Gasteiger partial charge in [0.1, 0.15) is 17.5 Å². The second-order valence-electron chi connectivity index (χ2n) is 10.9. The summed E-state index contributed by atoms with van der Waals surface area (Å²) in [7, 11) is -0.103. The van der Waals surface area contributed by atoms with Crippen LogP contribution in [0.1, 0.15) is 51.7 Å². The largest absolute Gasteiger partial charge is 0.491 e. The maximum absolute atomic E-state index is 6.65. The molecule has 0 amide bonds. The van der Waals surface area contributed by atoms with Crippen LogP contribution in [-0.4, -0.2) is 40.8 Å². The molecule has 3 rings (SSSR count). The molecule has 0 aliphatic rings. The Labute approximate surface area is 236 Å². The normalized spacial score (nSPS) is 13.2. The first-order valence-corrected chi connectivity index (χ1v) is 16.5. The van der Waals surface area contributed by atoms with Crippen molar-refractivity contribution < 1.29 is 9.16 Å². The van der Waals surface area contributed by atoms with E-state index in [0.717, 1.165) is 29.7 Å². The number of nitrogens with zero attached hydrogens (tertiary/aromatic N) is 4. The third kappa shape index (κ3) is 6.68. The van der Waals surface area contributed by atoms with E-state index in [2.05, 4.69) is 50.9 Å². The Morgan fingerprint density at radius 1 is 1.03 bits per heavy atom. The minimum atomic E-state index is -1.93. The van der Waals surface area contributed by atoms with E-state index in [0.29, 0.717) is 44.8 Å². The monoisotopic (exact) mass is 582 g/mol. The molecule has 6 nitrogen and oxygen atoms in total. The van der Waals surface area contributed by atoms with Crippen molar-refractivity contribution in [3.05, 3.63) is 44.7 Å². The van der Waals surface area contributed by atoms with E-state index in [1.54, 1.807) is 10.7 Å². The Morgan fingerprint density at radius 2 is 1.70 bits per heavy atom. The zero-order valence-electron chi connectivity index (χ0n) is 23.2. The van der Waals surface area contributed by atoms with Crippen molar-refractivity contribution in [1.82, 2.24) is 19.7 Å². The fraction of sp³-hybridized carbons (Fsp3) is 0.519. The van der Waals surface area contributed by atoms with Crippen LogP contribution in [0.15, 0.2) is 18.2 Å². The molecule has 0 aliphatic heterocycles. The van der Waals surface area contributed by atoms with E-state index in [1.807, 2.05) is 33.0 Å². The summed E-state index contributed by atoms with van der Waals surface area (Å²) in [6.45, 7) is 17.7. The molecule has 1 aromatic carbocycles. The number of aryl methyl sites for hydroxylation is 1. The minimum absolute atomic E-state index is 0.0132. The first-order chi connectivity index (χ1) is 17.2. The highest BCUT2D eigenvalue weighted by Crippen LogP contribution is 2.38. The summed E-state index contributed by atoms with van der Waals surface area (Å²) in [5, 5.41) is 5.70. The number of hydrogen-bond acceptors (Lipinski definition) is 5. The SMILES string of the molecule is CCC[C@H](COc1ccc(Cl)c(-c2nc(Cl)c(C)c(-c3c(C)c(Cl)nn3C)n2)c1)O[Si](C)(C)C(C)(C)C. The van der Waals surface area contributed by atoms with Crippen LogP contribution >= 0.6 is 34.8 Å². The summed E-state index contributed by atoms with van der Waals surface area (Å²) in [6.07, 6.45) is 1.96. The van der Waals surface area contributed by atoms with Gasteiger partial charge in [-0.3, -0.25) is 4.68 Å². The summed E-state index contributed by atoms with van der Waals surface area (Å²) in [6, 6.07) is 5.49. The van der Waals surface area contributed by atoms with Gasteiger partial charge < -0.3 is 9.16 Å². The van der Waals surface area contributed by atoms with E-state index in [1.165, 1.54) is 0 Å². The van der Waals surface area contributed by atoms with Gasteiger partial charge in [0.05, 0.1) is 22.5 Å². The van der Waals surface area contributed by atoms with Gasteiger partial charge in [-0.15, -0.1) is 0 Å². The van der Waals surface area contributed by atoms with Gasteiger partial charge in [0.2, 0.25) is 0 Å². The van der Waals surface area contributed by atoms with E-state index in [9.17, 15) is 0 Å². The lowest BCUT2D eigenvalue weighted by Gasteiger charge is -2.39. The number of benzene rings is 1.